The summed E-state index contributed by atoms with van der Waals surface area (Å²) >= 11 is 0. The van der Waals surface area contributed by atoms with Crippen molar-refractivity contribution in [2.24, 2.45) is 0 Å². The Hall–Kier alpha value is -3.40. The van der Waals surface area contributed by atoms with E-state index in [1.165, 1.54) is 24.3 Å². The van der Waals surface area contributed by atoms with Gasteiger partial charge in [0.15, 0.2) is 0 Å². The second-order valence-electron chi connectivity index (χ2n) is 8.87. The van der Waals surface area contributed by atoms with E-state index in [9.17, 15) is 22.8 Å². The smallest absolute Gasteiger partial charge is 0.325 e. The third kappa shape index (κ3) is 4.63. The molecule has 0 aromatic heterocycles. The van der Waals surface area contributed by atoms with Gasteiger partial charge in [-0.25, -0.2) is 13.2 Å². The number of amides is 4. The highest BCUT2D eigenvalue weighted by atomic mass is 32.2. The summed E-state index contributed by atoms with van der Waals surface area (Å²) in [5.41, 5.74) is 1.80. The van der Waals surface area contributed by atoms with Crippen molar-refractivity contribution >= 4 is 39.2 Å². The average molecular weight is 485 g/mol. The number of urea groups is 1. The molecule has 1 aliphatic heterocycles. The molecule has 1 saturated carbocycles. The van der Waals surface area contributed by atoms with Gasteiger partial charge in [0.1, 0.15) is 5.54 Å². The Morgan fingerprint density at radius 2 is 1.65 bits per heavy atom. The van der Waals surface area contributed by atoms with Crippen LogP contribution in [0, 0.1) is 13.8 Å². The lowest BCUT2D eigenvalue weighted by molar-refractivity contribution is -0.131. The Morgan fingerprint density at radius 3 is 2.26 bits per heavy atom. The summed E-state index contributed by atoms with van der Waals surface area (Å²) in [6.45, 7) is 3.65. The number of aryl methyl sites for hydroxylation is 2. The molecule has 180 valence electrons. The van der Waals surface area contributed by atoms with Crippen molar-refractivity contribution in [1.82, 2.24) is 10.2 Å². The molecule has 3 N–H and O–H groups in total. The predicted octanol–water partition coefficient (Wildman–Crippen LogP) is 3.30. The Kier molecular flexibility index (Phi) is 6.35. The molecule has 2 aromatic rings. The minimum atomic E-state index is -3.80. The zero-order valence-corrected chi connectivity index (χ0v) is 20.0. The number of rotatable bonds is 7. The molecule has 4 amide bonds. The highest BCUT2D eigenvalue weighted by Gasteiger charge is 2.52. The first-order valence-corrected chi connectivity index (χ1v) is 12.7. The summed E-state index contributed by atoms with van der Waals surface area (Å²) < 4.78 is 28.2. The van der Waals surface area contributed by atoms with E-state index in [1.807, 2.05) is 32.0 Å². The molecular weight excluding hydrogens is 456 g/mol. The highest BCUT2D eigenvalue weighted by Crippen LogP contribution is 2.35. The van der Waals surface area contributed by atoms with Crippen molar-refractivity contribution in [3.63, 3.8) is 0 Å². The van der Waals surface area contributed by atoms with Crippen LogP contribution in [0.1, 0.15) is 43.2 Å². The van der Waals surface area contributed by atoms with E-state index < -0.39 is 21.6 Å². The van der Waals surface area contributed by atoms with E-state index in [0.717, 1.165) is 28.9 Å². The van der Waals surface area contributed by atoms with Gasteiger partial charge in [-0.05, 0) is 62.1 Å². The molecule has 34 heavy (non-hydrogen) atoms. The van der Waals surface area contributed by atoms with Crippen LogP contribution in [-0.2, 0) is 19.6 Å². The van der Waals surface area contributed by atoms with Crippen LogP contribution in [0.4, 0.5) is 16.2 Å². The summed E-state index contributed by atoms with van der Waals surface area (Å²) in [6.07, 6.45) is 3.00. The molecule has 1 saturated heterocycles. The number of para-hydroxylation sites is 1. The van der Waals surface area contributed by atoms with E-state index in [1.54, 1.807) is 0 Å². The molecule has 10 heteroatoms. The second kappa shape index (κ2) is 9.09. The Labute approximate surface area is 199 Å². The summed E-state index contributed by atoms with van der Waals surface area (Å²) in [5.74, 6) is -0.633. The van der Waals surface area contributed by atoms with Crippen molar-refractivity contribution in [2.45, 2.75) is 56.4 Å². The van der Waals surface area contributed by atoms with Gasteiger partial charge in [-0.15, -0.1) is 0 Å². The van der Waals surface area contributed by atoms with Crippen molar-refractivity contribution in [3.05, 3.63) is 53.6 Å². The summed E-state index contributed by atoms with van der Waals surface area (Å²) in [4.78, 5) is 38.4. The summed E-state index contributed by atoms with van der Waals surface area (Å²) in [7, 11) is -3.80. The number of carbonyl (C=O) groups excluding carboxylic acids is 3. The minimum absolute atomic E-state index is 0.00951. The van der Waals surface area contributed by atoms with Crippen LogP contribution in [0.25, 0.3) is 0 Å². The zero-order chi connectivity index (χ0) is 24.5. The number of hydrogen-bond donors (Lipinski definition) is 3. The van der Waals surface area contributed by atoms with Crippen molar-refractivity contribution in [3.8, 4) is 0 Å². The lowest BCUT2D eigenvalue weighted by Gasteiger charge is -2.19. The molecule has 2 aromatic carbocycles. The fraction of sp³-hybridized carbons (Fsp3) is 0.375. The van der Waals surface area contributed by atoms with Crippen LogP contribution in [0.2, 0.25) is 0 Å². The molecule has 0 unspecified atom stereocenters. The number of anilines is 2. The highest BCUT2D eigenvalue weighted by molar-refractivity contribution is 7.92. The van der Waals surface area contributed by atoms with Crippen LogP contribution in [-0.4, -0.2) is 43.2 Å². The van der Waals surface area contributed by atoms with Crippen LogP contribution in [0.3, 0.4) is 0 Å². The SMILES string of the molecule is Cc1cccc(C)c1NS(=O)(=O)c1ccc(NC(=O)CCN2C(=O)NC3(CCCC3)C2=O)cc1. The van der Waals surface area contributed by atoms with E-state index in [2.05, 4.69) is 15.4 Å². The number of sulfonamides is 1. The summed E-state index contributed by atoms with van der Waals surface area (Å²) in [6, 6.07) is 10.9. The fourth-order valence-corrected chi connectivity index (χ4v) is 5.72. The topological polar surface area (TPSA) is 125 Å². The molecule has 1 spiro atoms. The maximum absolute atomic E-state index is 12.8. The van der Waals surface area contributed by atoms with Crippen LogP contribution in [0.15, 0.2) is 47.4 Å². The maximum Gasteiger partial charge on any atom is 0.325 e. The first-order valence-electron chi connectivity index (χ1n) is 11.2. The van der Waals surface area contributed by atoms with Crippen LogP contribution < -0.4 is 15.4 Å². The lowest BCUT2D eigenvalue weighted by atomic mass is 9.98. The van der Waals surface area contributed by atoms with Crippen molar-refractivity contribution in [2.75, 3.05) is 16.6 Å². The van der Waals surface area contributed by atoms with Gasteiger partial charge in [-0.3, -0.25) is 19.2 Å². The number of carbonyl (C=O) groups is 3. The van der Waals surface area contributed by atoms with Gasteiger partial charge in [0.05, 0.1) is 10.6 Å². The van der Waals surface area contributed by atoms with Gasteiger partial charge < -0.3 is 10.6 Å². The standard InChI is InChI=1S/C24H28N4O5S/c1-16-6-5-7-17(2)21(16)27-34(32,33)19-10-8-18(9-11-19)25-20(29)12-15-28-22(30)24(26-23(28)31)13-3-4-14-24/h5-11,27H,3-4,12-15H2,1-2H3,(H,25,29)(H,26,31). The van der Waals surface area contributed by atoms with E-state index in [0.29, 0.717) is 24.2 Å². The quantitative estimate of drug-likeness (QED) is 0.520. The van der Waals surface area contributed by atoms with E-state index in [-0.39, 0.29) is 29.7 Å². The van der Waals surface area contributed by atoms with Gasteiger partial charge >= 0.3 is 6.03 Å². The third-order valence-electron chi connectivity index (χ3n) is 6.43. The largest absolute Gasteiger partial charge is 0.326 e. The van der Waals surface area contributed by atoms with Crippen LogP contribution in [0.5, 0.6) is 0 Å². The van der Waals surface area contributed by atoms with Gasteiger partial charge in [-0.1, -0.05) is 31.0 Å². The Balaban J connectivity index is 1.35. The fourth-order valence-electron chi connectivity index (χ4n) is 4.52. The minimum Gasteiger partial charge on any atom is -0.326 e. The predicted molar refractivity (Wildman–Crippen MR) is 128 cm³/mol. The lowest BCUT2D eigenvalue weighted by Crippen LogP contribution is -2.44. The van der Waals surface area contributed by atoms with E-state index in [4.69, 9.17) is 0 Å². The normalized spacial score (nSPS) is 17.2. The Bertz CT molecular complexity index is 1210. The van der Waals surface area contributed by atoms with Gasteiger partial charge in [0.25, 0.3) is 15.9 Å². The van der Waals surface area contributed by atoms with Crippen molar-refractivity contribution < 1.29 is 22.8 Å². The average Bonchev–Trinajstić information content (AvgIpc) is 3.34. The molecule has 9 nitrogen and oxygen atoms in total. The zero-order valence-electron chi connectivity index (χ0n) is 19.2. The summed E-state index contributed by atoms with van der Waals surface area (Å²) in [5, 5.41) is 5.47. The number of nitrogens with zero attached hydrogens (tertiary/aromatic N) is 1. The molecule has 1 aliphatic carbocycles. The first kappa shape index (κ1) is 23.7. The molecule has 4 rings (SSSR count). The monoisotopic (exact) mass is 484 g/mol. The second-order valence-corrected chi connectivity index (χ2v) is 10.6. The molecule has 2 fully saturated rings. The van der Waals surface area contributed by atoms with Gasteiger partial charge in [0.2, 0.25) is 5.91 Å². The van der Waals surface area contributed by atoms with Gasteiger partial charge in [0, 0.05) is 18.7 Å². The molecule has 2 aliphatic rings. The van der Waals surface area contributed by atoms with Crippen molar-refractivity contribution in [1.29, 1.82) is 0 Å². The maximum atomic E-state index is 12.8. The van der Waals surface area contributed by atoms with E-state index >= 15 is 0 Å². The molecule has 0 radical (unpaired) electrons. The number of nitrogens with one attached hydrogen (secondary N) is 3. The number of imide groups is 1. The molecule has 0 atom stereocenters. The number of benzene rings is 2. The first-order chi connectivity index (χ1) is 16.1. The molecule has 1 heterocycles. The molecule has 0 bridgehead atoms. The van der Waals surface area contributed by atoms with Crippen LogP contribution >= 0.6 is 0 Å². The molecular formula is C24H28N4O5S. The van der Waals surface area contributed by atoms with Gasteiger partial charge in [-0.2, -0.15) is 0 Å². The Morgan fingerprint density at radius 1 is 1.03 bits per heavy atom. The number of hydrogen-bond acceptors (Lipinski definition) is 5. The third-order valence-corrected chi connectivity index (χ3v) is 7.80.